The zero-order chi connectivity index (χ0) is 22.8. The van der Waals surface area contributed by atoms with E-state index >= 15 is 0 Å². The highest BCUT2D eigenvalue weighted by atomic mass is 32.2. The molecule has 0 radical (unpaired) electrons. The molecule has 1 aliphatic rings. The largest absolute Gasteiger partial charge is 0.504 e. The van der Waals surface area contributed by atoms with E-state index in [0.717, 1.165) is 28.8 Å². The standard InChI is InChI=1S/C20H15F3N2O4S2/c1-29-15-7-11(5-6-14(15)26)8-16-18(28)25(19(30)31-16)10-17(27)24-13-4-2-3-12(9-13)20(21,22)23/h2-9,26H,10H2,1H3,(H,24,27)/b16-8-. The zero-order valence-electron chi connectivity index (χ0n) is 15.9. The van der Waals surface area contributed by atoms with E-state index in [1.54, 1.807) is 6.07 Å². The van der Waals surface area contributed by atoms with Gasteiger partial charge in [0.15, 0.2) is 11.5 Å². The van der Waals surface area contributed by atoms with Crippen molar-refractivity contribution in [3.05, 3.63) is 58.5 Å². The lowest BCUT2D eigenvalue weighted by atomic mass is 10.2. The van der Waals surface area contributed by atoms with E-state index in [1.807, 2.05) is 0 Å². The van der Waals surface area contributed by atoms with Gasteiger partial charge >= 0.3 is 6.18 Å². The quantitative estimate of drug-likeness (QED) is 0.504. The highest BCUT2D eigenvalue weighted by molar-refractivity contribution is 8.26. The van der Waals surface area contributed by atoms with Crippen molar-refractivity contribution >= 4 is 51.9 Å². The van der Waals surface area contributed by atoms with E-state index in [9.17, 15) is 27.9 Å². The van der Waals surface area contributed by atoms with E-state index in [2.05, 4.69) is 5.32 Å². The second-order valence-corrected chi connectivity index (χ2v) is 8.00. The van der Waals surface area contributed by atoms with Crippen LogP contribution in [0.25, 0.3) is 6.08 Å². The third-order valence-electron chi connectivity index (χ3n) is 4.15. The molecule has 31 heavy (non-hydrogen) atoms. The molecule has 1 saturated heterocycles. The lowest BCUT2D eigenvalue weighted by molar-refractivity contribution is -0.137. The van der Waals surface area contributed by atoms with Crippen LogP contribution in [0.4, 0.5) is 18.9 Å². The van der Waals surface area contributed by atoms with Gasteiger partial charge in [-0.2, -0.15) is 13.2 Å². The Labute approximate surface area is 184 Å². The Kier molecular flexibility index (Phi) is 6.56. The van der Waals surface area contributed by atoms with Crippen molar-refractivity contribution in [1.82, 2.24) is 4.90 Å². The van der Waals surface area contributed by atoms with Gasteiger partial charge in [-0.25, -0.2) is 0 Å². The van der Waals surface area contributed by atoms with Crippen LogP contribution in [-0.2, 0) is 15.8 Å². The van der Waals surface area contributed by atoms with Gasteiger partial charge < -0.3 is 15.2 Å². The predicted octanol–water partition coefficient (Wildman–Crippen LogP) is 4.26. The molecule has 6 nitrogen and oxygen atoms in total. The number of hydrogen-bond donors (Lipinski definition) is 2. The fraction of sp³-hybridized carbons (Fsp3) is 0.150. The summed E-state index contributed by atoms with van der Waals surface area (Å²) in [7, 11) is 1.39. The summed E-state index contributed by atoms with van der Waals surface area (Å²) < 4.78 is 43.6. The van der Waals surface area contributed by atoms with Crippen molar-refractivity contribution in [3.63, 3.8) is 0 Å². The number of benzene rings is 2. The van der Waals surface area contributed by atoms with Gasteiger partial charge in [-0.1, -0.05) is 36.1 Å². The van der Waals surface area contributed by atoms with Crippen molar-refractivity contribution in [2.24, 2.45) is 0 Å². The van der Waals surface area contributed by atoms with Gasteiger partial charge in [-0.15, -0.1) is 0 Å². The van der Waals surface area contributed by atoms with Crippen LogP contribution in [-0.4, -0.2) is 39.8 Å². The predicted molar refractivity (Wildman–Crippen MR) is 115 cm³/mol. The summed E-state index contributed by atoms with van der Waals surface area (Å²) in [6, 6.07) is 8.70. The minimum Gasteiger partial charge on any atom is -0.504 e. The van der Waals surface area contributed by atoms with Gasteiger partial charge in [0.1, 0.15) is 10.9 Å². The van der Waals surface area contributed by atoms with E-state index in [-0.39, 0.29) is 26.4 Å². The van der Waals surface area contributed by atoms with Gasteiger partial charge in [0.25, 0.3) is 5.91 Å². The molecule has 0 atom stereocenters. The molecular formula is C20H15F3N2O4S2. The summed E-state index contributed by atoms with van der Waals surface area (Å²) in [6.07, 6.45) is -3.01. The number of alkyl halides is 3. The number of thioether (sulfide) groups is 1. The molecule has 1 heterocycles. The Hall–Kier alpha value is -3.05. The Bertz CT molecular complexity index is 1090. The number of nitrogens with one attached hydrogen (secondary N) is 1. The lowest BCUT2D eigenvalue weighted by Gasteiger charge is -2.15. The first-order valence-electron chi connectivity index (χ1n) is 8.68. The second kappa shape index (κ2) is 8.98. The van der Waals surface area contributed by atoms with Gasteiger partial charge in [-0.3, -0.25) is 14.5 Å². The third-order valence-corrected chi connectivity index (χ3v) is 5.53. The van der Waals surface area contributed by atoms with E-state index in [1.165, 1.54) is 37.5 Å². The lowest BCUT2D eigenvalue weighted by Crippen LogP contribution is -2.36. The first-order valence-corrected chi connectivity index (χ1v) is 9.90. The molecular weight excluding hydrogens is 453 g/mol. The maximum absolute atomic E-state index is 12.8. The van der Waals surface area contributed by atoms with Crippen LogP contribution in [0.15, 0.2) is 47.4 Å². The number of phenolic OH excluding ortho intramolecular Hbond substituents is 1. The number of aromatic hydroxyl groups is 1. The fourth-order valence-electron chi connectivity index (χ4n) is 2.69. The average Bonchev–Trinajstić information content (AvgIpc) is 2.96. The first kappa shape index (κ1) is 22.6. The van der Waals surface area contributed by atoms with Gasteiger partial charge in [0.05, 0.1) is 17.6 Å². The number of carbonyl (C=O) groups excluding carboxylic acids is 2. The van der Waals surface area contributed by atoms with E-state index in [4.69, 9.17) is 17.0 Å². The third kappa shape index (κ3) is 5.36. The van der Waals surface area contributed by atoms with Crippen LogP contribution in [0, 0.1) is 0 Å². The van der Waals surface area contributed by atoms with Crippen LogP contribution >= 0.6 is 24.0 Å². The molecule has 2 aromatic rings. The average molecular weight is 468 g/mol. The highest BCUT2D eigenvalue weighted by Crippen LogP contribution is 2.34. The number of ether oxygens (including phenoxy) is 1. The summed E-state index contributed by atoms with van der Waals surface area (Å²) >= 11 is 6.15. The smallest absolute Gasteiger partial charge is 0.416 e. The Morgan fingerprint density at radius 2 is 2.03 bits per heavy atom. The summed E-state index contributed by atoms with van der Waals surface area (Å²) in [4.78, 5) is 26.3. The number of carbonyl (C=O) groups is 2. The zero-order valence-corrected chi connectivity index (χ0v) is 17.5. The molecule has 1 fully saturated rings. The molecule has 0 spiro atoms. The van der Waals surface area contributed by atoms with Crippen molar-refractivity contribution < 1.29 is 32.6 Å². The number of thiocarbonyl (C=S) groups is 1. The van der Waals surface area contributed by atoms with Crippen molar-refractivity contribution in [3.8, 4) is 11.5 Å². The number of nitrogens with zero attached hydrogens (tertiary/aromatic N) is 1. The molecule has 0 saturated carbocycles. The van der Waals surface area contributed by atoms with Gasteiger partial charge in [0.2, 0.25) is 5.91 Å². The molecule has 2 N–H and O–H groups in total. The van der Waals surface area contributed by atoms with E-state index < -0.39 is 30.1 Å². The number of rotatable bonds is 5. The van der Waals surface area contributed by atoms with Gasteiger partial charge in [0, 0.05) is 5.69 Å². The van der Waals surface area contributed by atoms with Crippen LogP contribution in [0.1, 0.15) is 11.1 Å². The maximum atomic E-state index is 12.8. The fourth-order valence-corrected chi connectivity index (χ4v) is 3.94. The number of hydrogen-bond acceptors (Lipinski definition) is 6. The maximum Gasteiger partial charge on any atom is 0.416 e. The molecule has 0 bridgehead atoms. The Balaban J connectivity index is 1.71. The molecule has 2 aromatic carbocycles. The molecule has 1 aliphatic heterocycles. The normalized spacial score (nSPS) is 15.5. The topological polar surface area (TPSA) is 78.9 Å². The molecule has 2 amide bonds. The molecule has 11 heteroatoms. The van der Waals surface area contributed by atoms with Gasteiger partial charge in [-0.05, 0) is 42.0 Å². The number of amides is 2. The number of halogens is 3. The summed E-state index contributed by atoms with van der Waals surface area (Å²) in [5, 5.41) is 12.0. The summed E-state index contributed by atoms with van der Waals surface area (Å²) in [5.74, 6) is -1.03. The second-order valence-electron chi connectivity index (χ2n) is 6.33. The molecule has 0 unspecified atom stereocenters. The van der Waals surface area contributed by atoms with Crippen molar-refractivity contribution in [2.45, 2.75) is 6.18 Å². The number of anilines is 1. The van der Waals surface area contributed by atoms with Crippen LogP contribution in [0.5, 0.6) is 11.5 Å². The minimum atomic E-state index is -4.54. The van der Waals surface area contributed by atoms with Crippen LogP contribution < -0.4 is 10.1 Å². The molecule has 162 valence electrons. The summed E-state index contributed by atoms with van der Waals surface area (Å²) in [6.45, 7) is -0.447. The molecule has 3 rings (SSSR count). The van der Waals surface area contributed by atoms with E-state index in [0.29, 0.717) is 5.56 Å². The first-order chi connectivity index (χ1) is 14.6. The van der Waals surface area contributed by atoms with Crippen molar-refractivity contribution in [1.29, 1.82) is 0 Å². The van der Waals surface area contributed by atoms with Crippen LogP contribution in [0.3, 0.4) is 0 Å². The number of methoxy groups -OCH3 is 1. The molecule has 0 aromatic heterocycles. The Morgan fingerprint density at radius 3 is 2.71 bits per heavy atom. The van der Waals surface area contributed by atoms with Crippen molar-refractivity contribution in [2.75, 3.05) is 19.0 Å². The van der Waals surface area contributed by atoms with Crippen LogP contribution in [0.2, 0.25) is 0 Å². The monoisotopic (exact) mass is 468 g/mol. The molecule has 0 aliphatic carbocycles. The summed E-state index contributed by atoms with van der Waals surface area (Å²) in [5.41, 5.74) is -0.372. The SMILES string of the molecule is COc1cc(/C=C2\SC(=S)N(CC(=O)Nc3cccc(C(F)(F)F)c3)C2=O)ccc1O. The minimum absolute atomic E-state index is 0.0444. The highest BCUT2D eigenvalue weighted by Gasteiger charge is 2.34. The number of phenols is 1. The Morgan fingerprint density at radius 1 is 1.29 bits per heavy atom.